The van der Waals surface area contributed by atoms with Crippen LogP contribution in [-0.4, -0.2) is 32.3 Å². The van der Waals surface area contributed by atoms with E-state index in [-0.39, 0.29) is 24.3 Å². The molecule has 0 fully saturated rings. The second kappa shape index (κ2) is 8.66. The number of hydrogen-bond donors (Lipinski definition) is 1. The maximum absolute atomic E-state index is 13.0. The molecule has 0 radical (unpaired) electrons. The first-order valence-electron chi connectivity index (χ1n) is 10.3. The molecule has 0 saturated carbocycles. The molecule has 8 nitrogen and oxygen atoms in total. The summed E-state index contributed by atoms with van der Waals surface area (Å²) in [5.41, 5.74) is 4.67. The van der Waals surface area contributed by atoms with Crippen LogP contribution in [0.1, 0.15) is 23.4 Å². The minimum absolute atomic E-state index is 0.122. The van der Waals surface area contributed by atoms with Crippen molar-refractivity contribution < 1.29 is 9.53 Å². The molecule has 2 heterocycles. The van der Waals surface area contributed by atoms with Crippen molar-refractivity contribution in [2.24, 2.45) is 7.05 Å². The molecule has 0 aliphatic carbocycles. The van der Waals surface area contributed by atoms with E-state index in [0.29, 0.717) is 28.3 Å². The van der Waals surface area contributed by atoms with Crippen molar-refractivity contribution in [2.75, 3.05) is 12.4 Å². The Morgan fingerprint density at radius 2 is 1.81 bits per heavy atom. The number of aromatic nitrogens is 4. The number of hydrogen-bond acceptors (Lipinski definition) is 5. The molecule has 2 aromatic carbocycles. The second-order valence-corrected chi connectivity index (χ2v) is 7.68. The molecule has 0 aliphatic rings. The Morgan fingerprint density at radius 3 is 2.53 bits per heavy atom. The van der Waals surface area contributed by atoms with Gasteiger partial charge in [-0.05, 0) is 38.1 Å². The van der Waals surface area contributed by atoms with Crippen molar-refractivity contribution in [3.05, 3.63) is 75.8 Å². The van der Waals surface area contributed by atoms with Crippen molar-refractivity contribution in [1.29, 1.82) is 0 Å². The predicted molar refractivity (Wildman–Crippen MR) is 124 cm³/mol. The molecule has 0 spiro atoms. The van der Waals surface area contributed by atoms with E-state index in [2.05, 4.69) is 15.4 Å². The highest BCUT2D eigenvalue weighted by atomic mass is 16.5. The number of carbonyl (C=O) groups is 1. The molecule has 0 saturated heterocycles. The van der Waals surface area contributed by atoms with E-state index in [1.54, 1.807) is 35.5 Å². The van der Waals surface area contributed by atoms with Crippen LogP contribution in [0.2, 0.25) is 0 Å². The monoisotopic (exact) mass is 431 g/mol. The van der Waals surface area contributed by atoms with E-state index >= 15 is 0 Å². The van der Waals surface area contributed by atoms with Gasteiger partial charge in [0.25, 0.3) is 5.56 Å². The number of amides is 1. The average Bonchev–Trinajstić information content (AvgIpc) is 3.12. The zero-order chi connectivity index (χ0) is 22.8. The normalized spacial score (nSPS) is 11.0. The van der Waals surface area contributed by atoms with Gasteiger partial charge in [-0.25, -0.2) is 9.67 Å². The number of fused-ring (bicyclic) bond motifs is 1. The van der Waals surface area contributed by atoms with Gasteiger partial charge < -0.3 is 10.1 Å². The second-order valence-electron chi connectivity index (χ2n) is 7.68. The van der Waals surface area contributed by atoms with Crippen LogP contribution in [-0.2, 0) is 18.3 Å². The molecule has 8 heteroatoms. The zero-order valence-electron chi connectivity index (χ0n) is 18.5. The zero-order valence-corrected chi connectivity index (χ0v) is 18.5. The van der Waals surface area contributed by atoms with E-state index in [0.717, 1.165) is 16.9 Å². The van der Waals surface area contributed by atoms with Gasteiger partial charge in [0.05, 0.1) is 24.2 Å². The molecule has 4 aromatic rings. The van der Waals surface area contributed by atoms with Crippen LogP contribution in [0.4, 0.5) is 5.69 Å². The number of nitrogens with one attached hydrogen (secondary N) is 1. The van der Waals surface area contributed by atoms with Crippen molar-refractivity contribution in [2.45, 2.75) is 26.7 Å². The van der Waals surface area contributed by atoms with Gasteiger partial charge in [-0.2, -0.15) is 5.10 Å². The Morgan fingerprint density at radius 1 is 1.09 bits per heavy atom. The van der Waals surface area contributed by atoms with Crippen LogP contribution in [0.25, 0.3) is 16.9 Å². The first-order valence-corrected chi connectivity index (χ1v) is 10.3. The van der Waals surface area contributed by atoms with Crippen LogP contribution >= 0.6 is 0 Å². The van der Waals surface area contributed by atoms with Crippen molar-refractivity contribution in [3.63, 3.8) is 0 Å². The number of ether oxygens (including phenoxy) is 1. The summed E-state index contributed by atoms with van der Waals surface area (Å²) in [7, 11) is 3.25. The third-order valence-electron chi connectivity index (χ3n) is 5.37. The molecular weight excluding hydrogens is 406 g/mol. The standard InChI is InChI=1S/C24H25N5O3/c1-15-9-11-17(12-10-15)29-23-22(16(2)27-29)26-19(24(31)28(23)3)13-14-21(30)25-18-7-5-6-8-20(18)32-4/h5-12H,13-14H2,1-4H3,(H,25,30). The lowest BCUT2D eigenvalue weighted by Gasteiger charge is -2.10. The van der Waals surface area contributed by atoms with Crippen LogP contribution in [0.3, 0.4) is 0 Å². The Kier molecular flexibility index (Phi) is 5.77. The molecule has 32 heavy (non-hydrogen) atoms. The van der Waals surface area contributed by atoms with Gasteiger partial charge >= 0.3 is 0 Å². The van der Waals surface area contributed by atoms with Gasteiger partial charge in [0, 0.05) is 19.9 Å². The Balaban J connectivity index is 1.61. The lowest BCUT2D eigenvalue weighted by atomic mass is 10.2. The van der Waals surface area contributed by atoms with E-state index in [4.69, 9.17) is 4.74 Å². The van der Waals surface area contributed by atoms with E-state index in [9.17, 15) is 9.59 Å². The van der Waals surface area contributed by atoms with Crippen LogP contribution in [0.5, 0.6) is 5.75 Å². The third-order valence-corrected chi connectivity index (χ3v) is 5.37. The fraction of sp³-hybridized carbons (Fsp3) is 0.250. The van der Waals surface area contributed by atoms with Crippen LogP contribution in [0.15, 0.2) is 53.3 Å². The molecule has 2 aromatic heterocycles. The number of benzene rings is 2. The smallest absolute Gasteiger partial charge is 0.273 e. The largest absolute Gasteiger partial charge is 0.495 e. The highest BCUT2D eigenvalue weighted by Gasteiger charge is 2.18. The maximum atomic E-state index is 13.0. The van der Waals surface area contributed by atoms with Crippen LogP contribution < -0.4 is 15.6 Å². The maximum Gasteiger partial charge on any atom is 0.273 e. The van der Waals surface area contributed by atoms with E-state index in [1.807, 2.05) is 50.2 Å². The number of nitrogens with zero attached hydrogens (tertiary/aromatic N) is 4. The molecule has 0 atom stereocenters. The highest BCUT2D eigenvalue weighted by molar-refractivity contribution is 5.92. The molecule has 0 bridgehead atoms. The Hall–Kier alpha value is -3.94. The summed E-state index contributed by atoms with van der Waals surface area (Å²) in [6, 6.07) is 15.1. The predicted octanol–water partition coefficient (Wildman–Crippen LogP) is 3.32. The number of para-hydroxylation sites is 2. The van der Waals surface area contributed by atoms with E-state index < -0.39 is 0 Å². The Bertz CT molecular complexity index is 1350. The average molecular weight is 431 g/mol. The SMILES string of the molecule is COc1ccccc1NC(=O)CCc1nc2c(C)nn(-c3ccc(C)cc3)c2n(C)c1=O. The summed E-state index contributed by atoms with van der Waals surface area (Å²) in [6.45, 7) is 3.88. The summed E-state index contributed by atoms with van der Waals surface area (Å²) in [5, 5.41) is 7.43. The first-order chi connectivity index (χ1) is 15.4. The number of methoxy groups -OCH3 is 1. The fourth-order valence-corrected chi connectivity index (χ4v) is 3.63. The molecule has 4 rings (SSSR count). The molecule has 1 N–H and O–H groups in total. The molecule has 0 aliphatic heterocycles. The minimum Gasteiger partial charge on any atom is -0.495 e. The summed E-state index contributed by atoms with van der Waals surface area (Å²) in [6.07, 6.45) is 0.343. The highest BCUT2D eigenvalue weighted by Crippen LogP contribution is 2.23. The van der Waals surface area contributed by atoms with Gasteiger partial charge in [-0.15, -0.1) is 0 Å². The number of aryl methyl sites for hydroxylation is 4. The topological polar surface area (TPSA) is 91.0 Å². The molecule has 0 unspecified atom stereocenters. The summed E-state index contributed by atoms with van der Waals surface area (Å²) >= 11 is 0. The first kappa shape index (κ1) is 21.3. The third kappa shape index (κ3) is 3.99. The molecular formula is C24H25N5O3. The quantitative estimate of drug-likeness (QED) is 0.506. The van der Waals surface area contributed by atoms with E-state index in [1.165, 1.54) is 0 Å². The summed E-state index contributed by atoms with van der Waals surface area (Å²) in [4.78, 5) is 30.1. The van der Waals surface area contributed by atoms with Crippen molar-refractivity contribution in [1.82, 2.24) is 19.3 Å². The van der Waals surface area contributed by atoms with Gasteiger partial charge in [0.15, 0.2) is 5.65 Å². The van der Waals surface area contributed by atoms with Crippen LogP contribution in [0, 0.1) is 13.8 Å². The summed E-state index contributed by atoms with van der Waals surface area (Å²) < 4.78 is 8.54. The fourth-order valence-electron chi connectivity index (χ4n) is 3.63. The Labute approximate surface area is 185 Å². The van der Waals surface area contributed by atoms with Crippen molar-refractivity contribution in [3.8, 4) is 11.4 Å². The van der Waals surface area contributed by atoms with Gasteiger partial charge in [0.2, 0.25) is 5.91 Å². The minimum atomic E-state index is -0.240. The summed E-state index contributed by atoms with van der Waals surface area (Å²) in [5.74, 6) is 0.362. The number of carbonyl (C=O) groups excluding carboxylic acids is 1. The number of anilines is 1. The lowest BCUT2D eigenvalue weighted by molar-refractivity contribution is -0.116. The number of rotatable bonds is 6. The van der Waals surface area contributed by atoms with Gasteiger partial charge in [-0.3, -0.25) is 14.2 Å². The molecule has 164 valence electrons. The lowest BCUT2D eigenvalue weighted by Crippen LogP contribution is -2.25. The van der Waals surface area contributed by atoms with Crippen molar-refractivity contribution >= 4 is 22.8 Å². The molecule has 1 amide bonds. The van der Waals surface area contributed by atoms with Gasteiger partial charge in [0.1, 0.15) is 17.0 Å². The van der Waals surface area contributed by atoms with Gasteiger partial charge in [-0.1, -0.05) is 29.8 Å².